The summed E-state index contributed by atoms with van der Waals surface area (Å²) in [5.41, 5.74) is 1.84. The molecule has 1 unspecified atom stereocenters. The topological polar surface area (TPSA) is 70.8 Å². The summed E-state index contributed by atoms with van der Waals surface area (Å²) >= 11 is 0. The molecule has 6 nitrogen and oxygen atoms in total. The third-order valence-electron chi connectivity index (χ3n) is 6.63. The van der Waals surface area contributed by atoms with Crippen molar-refractivity contribution in [2.75, 3.05) is 18.4 Å². The van der Waals surface area contributed by atoms with E-state index in [0.717, 1.165) is 43.4 Å². The number of hydrogen-bond donors (Lipinski definition) is 2. The van der Waals surface area contributed by atoms with Crippen LogP contribution in [0.2, 0.25) is 0 Å². The third-order valence-corrected chi connectivity index (χ3v) is 6.63. The van der Waals surface area contributed by atoms with Crippen molar-refractivity contribution in [1.82, 2.24) is 9.88 Å². The van der Waals surface area contributed by atoms with Gasteiger partial charge in [0.25, 0.3) is 5.56 Å². The van der Waals surface area contributed by atoms with E-state index in [1.807, 2.05) is 30.3 Å². The van der Waals surface area contributed by atoms with Crippen molar-refractivity contribution in [1.29, 1.82) is 0 Å². The van der Waals surface area contributed by atoms with Gasteiger partial charge < -0.3 is 15.2 Å². The number of aromatic nitrogens is 1. The summed E-state index contributed by atoms with van der Waals surface area (Å²) in [4.78, 5) is 21.9. The maximum absolute atomic E-state index is 13.5. The normalized spacial score (nSPS) is 19.4. The van der Waals surface area contributed by atoms with Crippen LogP contribution in [0.3, 0.4) is 0 Å². The van der Waals surface area contributed by atoms with Crippen molar-refractivity contribution in [3.05, 3.63) is 99.5 Å². The first-order valence-electron chi connectivity index (χ1n) is 12.6. The fraction of sp³-hybridized carbons (Fsp3) is 0.276. The molecule has 2 aromatic carbocycles. The highest BCUT2D eigenvalue weighted by atomic mass is 19.4. The lowest BCUT2D eigenvalue weighted by molar-refractivity contribution is -0.138. The van der Waals surface area contributed by atoms with E-state index in [2.05, 4.69) is 20.6 Å². The summed E-state index contributed by atoms with van der Waals surface area (Å²) in [6, 6.07) is 16.6. The minimum atomic E-state index is -4.51. The highest BCUT2D eigenvalue weighted by Gasteiger charge is 2.33. The molecule has 0 bridgehead atoms. The number of rotatable bonds is 5. The number of anilines is 1. The smallest absolute Gasteiger partial charge is 0.381 e. The Kier molecular flexibility index (Phi) is 7.55. The molecule has 9 heteroatoms. The molecule has 1 fully saturated rings. The van der Waals surface area contributed by atoms with Gasteiger partial charge in [-0.1, -0.05) is 24.3 Å². The molecule has 0 radical (unpaired) electrons. The Labute approximate surface area is 218 Å². The van der Waals surface area contributed by atoms with Gasteiger partial charge in [0.2, 0.25) is 0 Å². The van der Waals surface area contributed by atoms with Crippen LogP contribution in [0.25, 0.3) is 6.08 Å². The standard InChI is InChI=1S/C29H28F3N5O/c30-29(31,32)25-7-2-1-5-21(25)19-37-26-8-3-9-27(34-17-20(26)10-15-28(37)38)36-23-13-11-22(12-14-23)35-24-6-4-16-33-18-24/h1-3,5,7-8,10-15,17,24,33,35H,4,6,9,16,18-19H2/b8-3+,34-17?,36-27?. The Morgan fingerprint density at radius 2 is 1.89 bits per heavy atom. The van der Waals surface area contributed by atoms with Crippen LogP contribution in [0.4, 0.5) is 24.5 Å². The highest BCUT2D eigenvalue weighted by molar-refractivity contribution is 5.99. The van der Waals surface area contributed by atoms with Gasteiger partial charge >= 0.3 is 6.18 Å². The highest BCUT2D eigenvalue weighted by Crippen LogP contribution is 2.32. The van der Waals surface area contributed by atoms with E-state index < -0.39 is 11.7 Å². The number of fused-ring (bicyclic) bond motifs is 1. The van der Waals surface area contributed by atoms with Crippen molar-refractivity contribution in [3.8, 4) is 0 Å². The van der Waals surface area contributed by atoms with E-state index in [1.54, 1.807) is 18.4 Å². The first-order valence-corrected chi connectivity index (χ1v) is 12.6. The van der Waals surface area contributed by atoms with Crippen LogP contribution >= 0.6 is 0 Å². The van der Waals surface area contributed by atoms with Crippen molar-refractivity contribution in [2.45, 2.75) is 38.0 Å². The number of aliphatic imine (C=N–C) groups is 2. The van der Waals surface area contributed by atoms with Crippen LogP contribution in [0, 0.1) is 0 Å². The Morgan fingerprint density at radius 1 is 1.08 bits per heavy atom. The second-order valence-corrected chi connectivity index (χ2v) is 9.38. The molecule has 3 heterocycles. The SMILES string of the molecule is O=c1ccc2c(n1Cc1ccccc1C(F)(F)F)/C=C/CC(=Nc1ccc(NC3CCCNC3)cc1)N=C2. The molecule has 1 atom stereocenters. The Morgan fingerprint density at radius 3 is 2.66 bits per heavy atom. The van der Waals surface area contributed by atoms with Gasteiger partial charge in [-0.15, -0.1) is 0 Å². The summed E-state index contributed by atoms with van der Waals surface area (Å²) in [5.74, 6) is 0.587. The lowest BCUT2D eigenvalue weighted by Gasteiger charge is -2.24. The van der Waals surface area contributed by atoms with Gasteiger partial charge in [0.05, 0.1) is 23.5 Å². The predicted molar refractivity (Wildman–Crippen MR) is 146 cm³/mol. The van der Waals surface area contributed by atoms with Gasteiger partial charge in [0.15, 0.2) is 0 Å². The molecule has 0 saturated carbocycles. The fourth-order valence-corrected chi connectivity index (χ4v) is 4.71. The monoisotopic (exact) mass is 519 g/mol. The van der Waals surface area contributed by atoms with Crippen LogP contribution in [0.15, 0.2) is 81.5 Å². The van der Waals surface area contributed by atoms with E-state index in [4.69, 9.17) is 0 Å². The zero-order valence-electron chi connectivity index (χ0n) is 20.7. The number of hydrogen-bond acceptors (Lipinski definition) is 4. The van der Waals surface area contributed by atoms with Gasteiger partial charge in [0, 0.05) is 42.5 Å². The summed E-state index contributed by atoms with van der Waals surface area (Å²) in [6.07, 6.45) is 3.39. The molecule has 2 N–H and O–H groups in total. The number of amidine groups is 1. The van der Waals surface area contributed by atoms with Crippen LogP contribution in [-0.2, 0) is 12.7 Å². The lowest BCUT2D eigenvalue weighted by atomic mass is 10.1. The Bertz CT molecular complexity index is 1430. The van der Waals surface area contributed by atoms with E-state index >= 15 is 0 Å². The van der Waals surface area contributed by atoms with E-state index in [1.165, 1.54) is 28.8 Å². The minimum absolute atomic E-state index is 0.0304. The summed E-state index contributed by atoms with van der Waals surface area (Å²) < 4.78 is 41.9. The van der Waals surface area contributed by atoms with E-state index in [9.17, 15) is 18.0 Å². The maximum Gasteiger partial charge on any atom is 0.416 e. The number of halogens is 3. The fourth-order valence-electron chi connectivity index (χ4n) is 4.71. The second-order valence-electron chi connectivity index (χ2n) is 9.38. The summed E-state index contributed by atoms with van der Waals surface area (Å²) in [7, 11) is 0. The summed E-state index contributed by atoms with van der Waals surface area (Å²) in [5, 5.41) is 6.93. The first-order chi connectivity index (χ1) is 18.4. The van der Waals surface area contributed by atoms with Crippen LogP contribution < -0.4 is 16.2 Å². The Balaban J connectivity index is 1.37. The number of alkyl halides is 3. The van der Waals surface area contributed by atoms with Gasteiger partial charge in [0.1, 0.15) is 5.84 Å². The molecule has 2 aliphatic heterocycles. The van der Waals surface area contributed by atoms with Gasteiger partial charge in [-0.3, -0.25) is 4.79 Å². The number of nitrogens with zero attached hydrogens (tertiary/aromatic N) is 3. The number of piperidine rings is 1. The molecule has 3 aromatic rings. The van der Waals surface area contributed by atoms with Crippen LogP contribution in [0.5, 0.6) is 0 Å². The van der Waals surface area contributed by atoms with Crippen molar-refractivity contribution >= 4 is 29.5 Å². The molecule has 0 amide bonds. The summed E-state index contributed by atoms with van der Waals surface area (Å²) in [6.45, 7) is 1.82. The second kappa shape index (κ2) is 11.2. The number of pyridine rings is 1. The largest absolute Gasteiger partial charge is 0.416 e. The van der Waals surface area contributed by atoms with E-state index in [0.29, 0.717) is 29.6 Å². The third kappa shape index (κ3) is 6.11. The van der Waals surface area contributed by atoms with E-state index in [-0.39, 0.29) is 17.7 Å². The van der Waals surface area contributed by atoms with Gasteiger partial charge in [-0.2, -0.15) is 13.2 Å². The van der Waals surface area contributed by atoms with Crippen LogP contribution in [0.1, 0.15) is 41.6 Å². The molecular weight excluding hydrogens is 491 g/mol. The molecule has 38 heavy (non-hydrogen) atoms. The molecule has 2 aliphatic rings. The quantitative estimate of drug-likeness (QED) is 0.458. The lowest BCUT2D eigenvalue weighted by Crippen LogP contribution is -2.38. The molecule has 0 aliphatic carbocycles. The molecule has 1 aromatic heterocycles. The minimum Gasteiger partial charge on any atom is -0.381 e. The first kappa shape index (κ1) is 25.7. The molecular formula is C29H28F3N5O. The van der Waals surface area contributed by atoms with Gasteiger partial charge in [-0.25, -0.2) is 9.98 Å². The average molecular weight is 520 g/mol. The Hall–Kier alpha value is -3.98. The molecule has 0 spiro atoms. The van der Waals surface area contributed by atoms with Crippen molar-refractivity contribution < 1.29 is 13.2 Å². The zero-order chi connectivity index (χ0) is 26.5. The van der Waals surface area contributed by atoms with Crippen molar-refractivity contribution in [3.63, 3.8) is 0 Å². The molecule has 196 valence electrons. The van der Waals surface area contributed by atoms with Crippen molar-refractivity contribution in [2.24, 2.45) is 9.98 Å². The zero-order valence-corrected chi connectivity index (χ0v) is 20.7. The number of nitrogens with one attached hydrogen (secondary N) is 2. The number of benzene rings is 2. The van der Waals surface area contributed by atoms with Gasteiger partial charge in [-0.05, 0) is 67.4 Å². The predicted octanol–water partition coefficient (Wildman–Crippen LogP) is 5.65. The maximum atomic E-state index is 13.5. The molecule has 1 saturated heterocycles. The average Bonchev–Trinajstić information content (AvgIpc) is 2.89. The van der Waals surface area contributed by atoms with Crippen LogP contribution in [-0.4, -0.2) is 35.7 Å². The molecule has 5 rings (SSSR count).